The Balaban J connectivity index is 1.87. The number of thioether (sulfide) groups is 1. The topological polar surface area (TPSA) is 140 Å². The van der Waals surface area contributed by atoms with E-state index < -0.39 is 17.2 Å². The Hall–Kier alpha value is -2.59. The number of aromatic hydroxyl groups is 1. The standard InChI is InChI=1S/C12H10ClN5O4S/c13-7-3-6(1-2-8(7)19)4-14-16-9(20)5-23-11-10(21)15-12(22)18-17-11/h1-4,19H,5H2,(H,16,20)(H2,15,18,21,22)/b14-4+. The van der Waals surface area contributed by atoms with E-state index >= 15 is 0 Å². The SMILES string of the molecule is O=C(CSc1n[nH]c(=O)[nH]c1=O)N/N=C/c1ccc(O)c(Cl)c1. The number of aromatic nitrogens is 3. The summed E-state index contributed by atoms with van der Waals surface area (Å²) in [6.07, 6.45) is 1.35. The van der Waals surface area contributed by atoms with Crippen LogP contribution in [0.1, 0.15) is 5.56 Å². The summed E-state index contributed by atoms with van der Waals surface area (Å²) < 4.78 is 0. The normalized spacial score (nSPS) is 10.8. The van der Waals surface area contributed by atoms with Gasteiger partial charge in [0.15, 0.2) is 5.03 Å². The lowest BCUT2D eigenvalue weighted by Gasteiger charge is -2.00. The van der Waals surface area contributed by atoms with Gasteiger partial charge >= 0.3 is 5.69 Å². The predicted molar refractivity (Wildman–Crippen MR) is 85.1 cm³/mol. The van der Waals surface area contributed by atoms with Crippen LogP contribution in [0, 0.1) is 0 Å². The zero-order chi connectivity index (χ0) is 16.8. The number of nitrogens with zero attached hydrogens (tertiary/aromatic N) is 2. The summed E-state index contributed by atoms with van der Waals surface area (Å²) in [5.41, 5.74) is 1.45. The van der Waals surface area contributed by atoms with Gasteiger partial charge in [-0.3, -0.25) is 14.6 Å². The zero-order valence-electron chi connectivity index (χ0n) is 11.4. The monoisotopic (exact) mass is 355 g/mol. The number of rotatable bonds is 5. The Morgan fingerprint density at radius 1 is 1.48 bits per heavy atom. The summed E-state index contributed by atoms with van der Waals surface area (Å²) >= 11 is 6.58. The first-order valence-electron chi connectivity index (χ1n) is 6.08. The molecule has 120 valence electrons. The van der Waals surface area contributed by atoms with E-state index in [-0.39, 0.29) is 21.6 Å². The number of hydrogen-bond donors (Lipinski definition) is 4. The fourth-order valence-electron chi connectivity index (χ4n) is 1.38. The van der Waals surface area contributed by atoms with E-state index in [1.165, 1.54) is 18.3 Å². The van der Waals surface area contributed by atoms with E-state index in [0.29, 0.717) is 5.56 Å². The van der Waals surface area contributed by atoms with E-state index in [1.54, 1.807) is 6.07 Å². The summed E-state index contributed by atoms with van der Waals surface area (Å²) in [6.45, 7) is 0. The Kier molecular flexibility index (Phi) is 5.55. The number of benzene rings is 1. The maximum Gasteiger partial charge on any atom is 0.342 e. The lowest BCUT2D eigenvalue weighted by Crippen LogP contribution is -2.26. The minimum atomic E-state index is -0.721. The zero-order valence-corrected chi connectivity index (χ0v) is 12.9. The summed E-state index contributed by atoms with van der Waals surface area (Å²) in [7, 11) is 0. The number of nitrogens with one attached hydrogen (secondary N) is 3. The van der Waals surface area contributed by atoms with E-state index in [0.717, 1.165) is 11.8 Å². The summed E-state index contributed by atoms with van der Waals surface area (Å²) in [4.78, 5) is 35.7. The molecule has 0 saturated heterocycles. The van der Waals surface area contributed by atoms with Gasteiger partial charge in [-0.15, -0.1) is 0 Å². The first kappa shape index (κ1) is 16.8. The molecule has 23 heavy (non-hydrogen) atoms. The van der Waals surface area contributed by atoms with Crippen molar-refractivity contribution in [2.75, 3.05) is 5.75 Å². The first-order valence-corrected chi connectivity index (χ1v) is 7.44. The minimum Gasteiger partial charge on any atom is -0.506 e. The molecule has 0 aliphatic heterocycles. The Bertz CT molecular complexity index is 863. The van der Waals surface area contributed by atoms with Crippen molar-refractivity contribution in [3.8, 4) is 5.75 Å². The lowest BCUT2D eigenvalue weighted by molar-refractivity contribution is -0.118. The van der Waals surface area contributed by atoms with Crippen LogP contribution < -0.4 is 16.7 Å². The molecule has 0 spiro atoms. The molecule has 1 amide bonds. The lowest BCUT2D eigenvalue weighted by atomic mass is 10.2. The number of phenols is 1. The van der Waals surface area contributed by atoms with Crippen LogP contribution in [0.25, 0.3) is 0 Å². The molecule has 1 heterocycles. The van der Waals surface area contributed by atoms with Crippen LogP contribution in [-0.4, -0.2) is 38.2 Å². The van der Waals surface area contributed by atoms with Gasteiger partial charge in [-0.2, -0.15) is 10.2 Å². The molecule has 1 aromatic carbocycles. The summed E-state index contributed by atoms with van der Waals surface area (Å²) in [6, 6.07) is 4.44. The fourth-order valence-corrected chi connectivity index (χ4v) is 2.20. The Labute approximate surface area is 137 Å². The van der Waals surface area contributed by atoms with Crippen molar-refractivity contribution in [2.45, 2.75) is 5.03 Å². The molecule has 0 aliphatic carbocycles. The number of halogens is 1. The Morgan fingerprint density at radius 2 is 2.26 bits per heavy atom. The van der Waals surface area contributed by atoms with Gasteiger partial charge in [0.2, 0.25) is 5.91 Å². The highest BCUT2D eigenvalue weighted by Gasteiger charge is 2.07. The second kappa shape index (κ2) is 7.61. The van der Waals surface area contributed by atoms with Gasteiger partial charge in [-0.1, -0.05) is 23.4 Å². The first-order chi connectivity index (χ1) is 11.0. The third kappa shape index (κ3) is 4.97. The largest absolute Gasteiger partial charge is 0.506 e. The van der Waals surface area contributed by atoms with Gasteiger partial charge in [0.05, 0.1) is 17.0 Å². The van der Waals surface area contributed by atoms with Crippen LogP contribution in [0.15, 0.2) is 37.9 Å². The molecular formula is C12H10ClN5O4S. The molecule has 9 nitrogen and oxygen atoms in total. The molecule has 0 atom stereocenters. The van der Waals surface area contributed by atoms with Crippen LogP contribution in [0.2, 0.25) is 5.02 Å². The molecule has 0 aliphatic rings. The molecule has 0 saturated carbocycles. The summed E-state index contributed by atoms with van der Waals surface area (Å²) in [5, 5.41) is 18.7. The van der Waals surface area contributed by atoms with Crippen molar-refractivity contribution in [3.05, 3.63) is 49.6 Å². The van der Waals surface area contributed by atoms with Crippen molar-refractivity contribution in [3.63, 3.8) is 0 Å². The average molecular weight is 356 g/mol. The molecule has 0 bridgehead atoms. The molecule has 0 fully saturated rings. The van der Waals surface area contributed by atoms with Crippen LogP contribution >= 0.6 is 23.4 Å². The van der Waals surface area contributed by atoms with E-state index in [2.05, 4.69) is 20.7 Å². The highest BCUT2D eigenvalue weighted by molar-refractivity contribution is 7.99. The molecule has 0 radical (unpaired) electrons. The maximum atomic E-state index is 11.6. The molecule has 11 heteroatoms. The van der Waals surface area contributed by atoms with Crippen LogP contribution in [0.5, 0.6) is 5.75 Å². The fraction of sp³-hybridized carbons (Fsp3) is 0.0833. The quantitative estimate of drug-likeness (QED) is 0.339. The number of hydrazone groups is 1. The van der Waals surface area contributed by atoms with Crippen molar-refractivity contribution < 1.29 is 9.90 Å². The number of carbonyl (C=O) groups excluding carboxylic acids is 1. The number of hydrogen-bond acceptors (Lipinski definition) is 7. The second-order valence-corrected chi connectivity index (χ2v) is 5.48. The van der Waals surface area contributed by atoms with Crippen molar-refractivity contribution >= 4 is 35.5 Å². The van der Waals surface area contributed by atoms with Crippen LogP contribution in [0.4, 0.5) is 0 Å². The van der Waals surface area contributed by atoms with Gasteiger partial charge in [-0.25, -0.2) is 15.3 Å². The van der Waals surface area contributed by atoms with Crippen LogP contribution in [-0.2, 0) is 4.79 Å². The number of amides is 1. The highest BCUT2D eigenvalue weighted by atomic mass is 35.5. The molecule has 0 unspecified atom stereocenters. The smallest absolute Gasteiger partial charge is 0.342 e. The molecular weight excluding hydrogens is 346 g/mol. The number of aromatic amines is 2. The number of phenolic OH excluding ortho intramolecular Hbond substituents is 1. The molecule has 4 N–H and O–H groups in total. The maximum absolute atomic E-state index is 11.6. The van der Waals surface area contributed by atoms with Gasteiger partial charge < -0.3 is 5.11 Å². The Morgan fingerprint density at radius 3 is 2.96 bits per heavy atom. The van der Waals surface area contributed by atoms with Crippen molar-refractivity contribution in [1.29, 1.82) is 0 Å². The van der Waals surface area contributed by atoms with Gasteiger partial charge in [0.1, 0.15) is 5.75 Å². The summed E-state index contributed by atoms with van der Waals surface area (Å²) in [5.74, 6) is -0.637. The second-order valence-electron chi connectivity index (χ2n) is 4.10. The third-order valence-corrected chi connectivity index (χ3v) is 3.65. The van der Waals surface area contributed by atoms with Gasteiger partial charge in [-0.05, 0) is 23.8 Å². The number of carbonyl (C=O) groups is 1. The minimum absolute atomic E-state index is 0.0333. The van der Waals surface area contributed by atoms with E-state index in [9.17, 15) is 19.5 Å². The molecule has 2 rings (SSSR count). The van der Waals surface area contributed by atoms with Crippen molar-refractivity contribution in [2.24, 2.45) is 5.10 Å². The average Bonchev–Trinajstić information content (AvgIpc) is 2.50. The van der Waals surface area contributed by atoms with E-state index in [4.69, 9.17) is 11.6 Å². The molecule has 2 aromatic rings. The third-order valence-electron chi connectivity index (χ3n) is 2.39. The van der Waals surface area contributed by atoms with Crippen LogP contribution in [0.3, 0.4) is 0 Å². The highest BCUT2D eigenvalue weighted by Crippen LogP contribution is 2.22. The van der Waals surface area contributed by atoms with E-state index in [1.807, 2.05) is 4.98 Å². The van der Waals surface area contributed by atoms with Crippen molar-refractivity contribution in [1.82, 2.24) is 20.6 Å². The van der Waals surface area contributed by atoms with Gasteiger partial charge in [0.25, 0.3) is 5.56 Å². The molecule has 1 aromatic heterocycles. The predicted octanol–water partition coefficient (Wildman–Crippen LogP) is 0.0596. The number of H-pyrrole nitrogens is 2. The van der Waals surface area contributed by atoms with Gasteiger partial charge in [0, 0.05) is 0 Å².